The van der Waals surface area contributed by atoms with E-state index >= 15 is 0 Å². The zero-order valence-corrected chi connectivity index (χ0v) is 15.5. The van der Waals surface area contributed by atoms with Crippen molar-refractivity contribution in [3.05, 3.63) is 60.7 Å². The molecule has 1 heterocycles. The first-order valence-electron chi connectivity index (χ1n) is 8.72. The Kier molecular flexibility index (Phi) is 5.45. The standard InChI is InChI=1S/C21H23N3O3/c1-14(2)13-24-18-10-5-4-9-17(18)23-21(26)19(24)12-20(25)22-15-7-6-8-16(11-15)27-3/h4-11,19H,1,12-13H2,2-3H3,(H,22,25)(H,23,26). The Morgan fingerprint density at radius 2 is 2.04 bits per heavy atom. The zero-order chi connectivity index (χ0) is 19.4. The van der Waals surface area contributed by atoms with Gasteiger partial charge in [0.05, 0.1) is 24.9 Å². The summed E-state index contributed by atoms with van der Waals surface area (Å²) >= 11 is 0. The van der Waals surface area contributed by atoms with Gasteiger partial charge in [-0.05, 0) is 31.2 Å². The number of amides is 2. The zero-order valence-electron chi connectivity index (χ0n) is 15.5. The summed E-state index contributed by atoms with van der Waals surface area (Å²) in [5.74, 6) is 0.214. The Hall–Kier alpha value is -3.28. The van der Waals surface area contributed by atoms with E-state index in [1.807, 2.05) is 36.1 Å². The summed E-state index contributed by atoms with van der Waals surface area (Å²) in [5, 5.41) is 5.72. The second kappa shape index (κ2) is 7.95. The van der Waals surface area contributed by atoms with E-state index in [2.05, 4.69) is 17.2 Å². The van der Waals surface area contributed by atoms with Crippen molar-refractivity contribution in [2.75, 3.05) is 29.2 Å². The Balaban J connectivity index is 1.79. The van der Waals surface area contributed by atoms with E-state index in [0.29, 0.717) is 18.0 Å². The molecule has 0 saturated carbocycles. The van der Waals surface area contributed by atoms with Crippen LogP contribution in [0.2, 0.25) is 0 Å². The summed E-state index contributed by atoms with van der Waals surface area (Å²) in [6, 6.07) is 14.1. The minimum atomic E-state index is -0.609. The largest absolute Gasteiger partial charge is 0.497 e. The van der Waals surface area contributed by atoms with Crippen LogP contribution >= 0.6 is 0 Å². The topological polar surface area (TPSA) is 70.7 Å². The molecule has 1 aliphatic heterocycles. The molecule has 0 radical (unpaired) electrons. The lowest BCUT2D eigenvalue weighted by atomic mass is 10.0. The number of para-hydroxylation sites is 2. The van der Waals surface area contributed by atoms with E-state index in [4.69, 9.17) is 4.74 Å². The average molecular weight is 365 g/mol. The maximum atomic E-state index is 12.7. The van der Waals surface area contributed by atoms with Crippen molar-refractivity contribution in [3.63, 3.8) is 0 Å². The third-order valence-electron chi connectivity index (χ3n) is 4.32. The van der Waals surface area contributed by atoms with Crippen molar-refractivity contribution >= 4 is 28.9 Å². The third kappa shape index (κ3) is 4.28. The minimum Gasteiger partial charge on any atom is -0.497 e. The molecule has 140 valence electrons. The number of carbonyl (C=O) groups excluding carboxylic acids is 2. The van der Waals surface area contributed by atoms with Gasteiger partial charge >= 0.3 is 0 Å². The Labute approximate surface area is 158 Å². The van der Waals surface area contributed by atoms with Crippen LogP contribution < -0.4 is 20.3 Å². The lowest BCUT2D eigenvalue weighted by Crippen LogP contribution is -2.50. The van der Waals surface area contributed by atoms with Crippen LogP contribution in [0.1, 0.15) is 13.3 Å². The van der Waals surface area contributed by atoms with E-state index in [1.165, 1.54) is 0 Å². The lowest BCUT2D eigenvalue weighted by Gasteiger charge is -2.38. The number of methoxy groups -OCH3 is 1. The summed E-state index contributed by atoms with van der Waals surface area (Å²) in [7, 11) is 1.57. The quantitative estimate of drug-likeness (QED) is 0.770. The maximum Gasteiger partial charge on any atom is 0.247 e. The number of ether oxygens (including phenoxy) is 1. The number of fused-ring (bicyclic) bond motifs is 1. The van der Waals surface area contributed by atoms with Gasteiger partial charge in [-0.15, -0.1) is 0 Å². The number of carbonyl (C=O) groups is 2. The number of hydrogen-bond donors (Lipinski definition) is 2. The molecule has 2 aromatic carbocycles. The Morgan fingerprint density at radius 1 is 1.26 bits per heavy atom. The lowest BCUT2D eigenvalue weighted by molar-refractivity contribution is -0.122. The molecular weight excluding hydrogens is 342 g/mol. The molecule has 27 heavy (non-hydrogen) atoms. The number of anilines is 3. The van der Waals surface area contributed by atoms with E-state index in [1.54, 1.807) is 31.4 Å². The number of benzene rings is 2. The molecule has 3 rings (SSSR count). The fraction of sp³-hybridized carbons (Fsp3) is 0.238. The molecule has 0 aliphatic carbocycles. The van der Waals surface area contributed by atoms with Gasteiger partial charge < -0.3 is 20.3 Å². The predicted molar refractivity (Wildman–Crippen MR) is 107 cm³/mol. The highest BCUT2D eigenvalue weighted by molar-refractivity contribution is 6.06. The highest BCUT2D eigenvalue weighted by atomic mass is 16.5. The molecule has 0 saturated heterocycles. The molecule has 2 aromatic rings. The van der Waals surface area contributed by atoms with Crippen molar-refractivity contribution in [3.8, 4) is 5.75 Å². The molecule has 0 bridgehead atoms. The molecule has 0 aromatic heterocycles. The second-order valence-corrected chi connectivity index (χ2v) is 6.59. The van der Waals surface area contributed by atoms with Gasteiger partial charge in [0, 0.05) is 18.3 Å². The number of rotatable bonds is 6. The van der Waals surface area contributed by atoms with Crippen LogP contribution in [0.15, 0.2) is 60.7 Å². The molecule has 1 aliphatic rings. The molecule has 2 amide bonds. The Bertz CT molecular complexity index is 878. The van der Waals surface area contributed by atoms with Crippen molar-refractivity contribution in [1.82, 2.24) is 0 Å². The SMILES string of the molecule is C=C(C)CN1c2ccccc2NC(=O)C1CC(=O)Nc1cccc(OC)c1. The molecule has 6 heteroatoms. The smallest absolute Gasteiger partial charge is 0.247 e. The van der Waals surface area contributed by atoms with E-state index in [9.17, 15) is 9.59 Å². The van der Waals surface area contributed by atoms with Gasteiger partial charge in [-0.1, -0.05) is 30.4 Å². The molecule has 2 N–H and O–H groups in total. The first-order chi connectivity index (χ1) is 13.0. The van der Waals surface area contributed by atoms with Crippen LogP contribution in [0.25, 0.3) is 0 Å². The normalized spacial score (nSPS) is 15.6. The molecule has 1 unspecified atom stereocenters. The van der Waals surface area contributed by atoms with Crippen molar-refractivity contribution in [2.24, 2.45) is 0 Å². The van der Waals surface area contributed by atoms with Crippen LogP contribution in [0, 0.1) is 0 Å². The molecule has 0 spiro atoms. The van der Waals surface area contributed by atoms with Gasteiger partial charge in [0.25, 0.3) is 0 Å². The highest BCUT2D eigenvalue weighted by Crippen LogP contribution is 2.33. The van der Waals surface area contributed by atoms with Gasteiger partial charge in [-0.25, -0.2) is 0 Å². The van der Waals surface area contributed by atoms with Crippen LogP contribution in [0.3, 0.4) is 0 Å². The van der Waals surface area contributed by atoms with E-state index < -0.39 is 6.04 Å². The molecular formula is C21H23N3O3. The second-order valence-electron chi connectivity index (χ2n) is 6.59. The fourth-order valence-electron chi connectivity index (χ4n) is 3.13. The number of hydrogen-bond acceptors (Lipinski definition) is 4. The van der Waals surface area contributed by atoms with Crippen molar-refractivity contribution in [2.45, 2.75) is 19.4 Å². The summed E-state index contributed by atoms with van der Waals surface area (Å²) < 4.78 is 5.17. The summed E-state index contributed by atoms with van der Waals surface area (Å²) in [4.78, 5) is 27.2. The molecule has 0 fully saturated rings. The minimum absolute atomic E-state index is 0.0324. The van der Waals surface area contributed by atoms with Gasteiger partial charge in [0.1, 0.15) is 11.8 Å². The van der Waals surface area contributed by atoms with Crippen LogP contribution in [0.4, 0.5) is 17.1 Å². The maximum absolute atomic E-state index is 12.7. The Morgan fingerprint density at radius 3 is 2.78 bits per heavy atom. The van der Waals surface area contributed by atoms with Crippen molar-refractivity contribution in [1.29, 1.82) is 0 Å². The van der Waals surface area contributed by atoms with Crippen LogP contribution in [-0.4, -0.2) is 31.5 Å². The molecule has 6 nitrogen and oxygen atoms in total. The van der Waals surface area contributed by atoms with Gasteiger partial charge in [-0.3, -0.25) is 9.59 Å². The molecule has 1 atom stereocenters. The monoisotopic (exact) mass is 365 g/mol. The van der Waals surface area contributed by atoms with Gasteiger partial charge in [0.15, 0.2) is 0 Å². The van der Waals surface area contributed by atoms with E-state index in [0.717, 1.165) is 16.9 Å². The summed E-state index contributed by atoms with van der Waals surface area (Å²) in [6.07, 6.45) is 0.0324. The average Bonchev–Trinajstić information content (AvgIpc) is 2.64. The van der Waals surface area contributed by atoms with E-state index in [-0.39, 0.29) is 18.2 Å². The predicted octanol–water partition coefficient (Wildman–Crippen LogP) is 3.43. The number of nitrogens with one attached hydrogen (secondary N) is 2. The highest BCUT2D eigenvalue weighted by Gasteiger charge is 2.34. The van der Waals surface area contributed by atoms with Crippen molar-refractivity contribution < 1.29 is 14.3 Å². The van der Waals surface area contributed by atoms with Crippen LogP contribution in [0.5, 0.6) is 5.75 Å². The summed E-state index contributed by atoms with van der Waals surface area (Å²) in [6.45, 7) is 6.37. The number of nitrogens with zero attached hydrogens (tertiary/aromatic N) is 1. The van der Waals surface area contributed by atoms with Gasteiger partial charge in [-0.2, -0.15) is 0 Å². The van der Waals surface area contributed by atoms with Gasteiger partial charge in [0.2, 0.25) is 11.8 Å². The first-order valence-corrected chi connectivity index (χ1v) is 8.72. The summed E-state index contributed by atoms with van der Waals surface area (Å²) in [5.41, 5.74) is 3.17. The fourth-order valence-corrected chi connectivity index (χ4v) is 3.13. The first kappa shape index (κ1) is 18.5. The third-order valence-corrected chi connectivity index (χ3v) is 4.32. The van der Waals surface area contributed by atoms with Crippen LogP contribution in [-0.2, 0) is 9.59 Å².